The predicted octanol–water partition coefficient (Wildman–Crippen LogP) is 0.932. The minimum absolute atomic E-state index is 0.175. The van der Waals surface area contributed by atoms with E-state index in [9.17, 15) is 9.90 Å². The molecule has 1 fully saturated rings. The number of aromatic hydroxyl groups is 1. The molecule has 0 radical (unpaired) electrons. The first-order valence-electron chi connectivity index (χ1n) is 4.29. The Morgan fingerprint density at radius 3 is 3.00 bits per heavy atom. The fourth-order valence-corrected chi connectivity index (χ4v) is 1.67. The lowest BCUT2D eigenvalue weighted by Gasteiger charge is -2.08. The topological polar surface area (TPSA) is 75.2 Å². The lowest BCUT2D eigenvalue weighted by molar-refractivity contribution is 0.104. The van der Waals surface area contributed by atoms with Crippen LogP contribution in [0.25, 0.3) is 0 Å². The zero-order valence-electron chi connectivity index (χ0n) is 7.29. The molecule has 0 bridgehead atoms. The Balaban J connectivity index is 2.39. The van der Waals surface area contributed by atoms with Crippen LogP contribution in [0.1, 0.15) is 24.8 Å². The molecule has 1 aromatic heterocycles. The van der Waals surface area contributed by atoms with E-state index in [2.05, 4.69) is 9.97 Å². The van der Waals surface area contributed by atoms with Crippen molar-refractivity contribution in [2.75, 3.05) is 6.61 Å². The molecule has 0 saturated carbocycles. The monoisotopic (exact) mass is 308 g/mol. The average molecular weight is 308 g/mol. The molecule has 0 spiro atoms. The summed E-state index contributed by atoms with van der Waals surface area (Å²) in [5, 5.41) is 9.35. The number of nitrogens with one attached hydrogen (secondary N) is 1. The standard InChI is InChI=1S/C8H9IN2O3/c9-5-7(12)10-6(11-8(5)13)4-2-1-3-14-4/h4H,1-3H2,(H2,10,11,12,13). The molecule has 6 heteroatoms. The van der Waals surface area contributed by atoms with Crippen molar-refractivity contribution in [3.05, 3.63) is 19.7 Å². The summed E-state index contributed by atoms with van der Waals surface area (Å²) in [4.78, 5) is 17.8. The van der Waals surface area contributed by atoms with Gasteiger partial charge >= 0.3 is 0 Å². The molecule has 0 aliphatic carbocycles. The molecular formula is C8H9IN2O3. The number of aromatic nitrogens is 2. The van der Waals surface area contributed by atoms with Gasteiger partial charge in [-0.25, -0.2) is 0 Å². The Morgan fingerprint density at radius 1 is 1.64 bits per heavy atom. The van der Waals surface area contributed by atoms with Gasteiger partial charge in [-0.2, -0.15) is 4.98 Å². The summed E-state index contributed by atoms with van der Waals surface area (Å²) in [6.07, 6.45) is 1.62. The second-order valence-corrected chi connectivity index (χ2v) is 4.17. The van der Waals surface area contributed by atoms with Crippen LogP contribution in [0.2, 0.25) is 0 Å². The summed E-state index contributed by atoms with van der Waals surface area (Å²) in [5.74, 6) is 0.199. The molecule has 5 nitrogen and oxygen atoms in total. The first kappa shape index (κ1) is 9.91. The highest BCUT2D eigenvalue weighted by atomic mass is 127. The maximum Gasteiger partial charge on any atom is 0.268 e. The van der Waals surface area contributed by atoms with E-state index >= 15 is 0 Å². The Bertz CT molecular complexity index is 398. The molecule has 0 amide bonds. The minimum Gasteiger partial charge on any atom is -0.492 e. The number of rotatable bonds is 1. The molecule has 1 aliphatic heterocycles. The van der Waals surface area contributed by atoms with Gasteiger partial charge in [0.1, 0.15) is 15.5 Å². The molecule has 0 aromatic carbocycles. The number of nitrogens with zero attached hydrogens (tertiary/aromatic N) is 1. The van der Waals surface area contributed by atoms with E-state index < -0.39 is 0 Å². The third-order valence-electron chi connectivity index (χ3n) is 2.10. The van der Waals surface area contributed by atoms with Crippen LogP contribution in [0.5, 0.6) is 5.88 Å². The molecule has 1 unspecified atom stereocenters. The van der Waals surface area contributed by atoms with Gasteiger partial charge in [-0.15, -0.1) is 0 Å². The summed E-state index contributed by atoms with van der Waals surface area (Å²) in [6, 6.07) is 0. The quantitative estimate of drug-likeness (QED) is 0.757. The Kier molecular flexibility index (Phi) is 2.73. The summed E-state index contributed by atoms with van der Waals surface area (Å²) in [7, 11) is 0. The van der Waals surface area contributed by atoms with E-state index in [0.717, 1.165) is 12.8 Å². The molecular weight excluding hydrogens is 299 g/mol. The zero-order chi connectivity index (χ0) is 10.1. The van der Waals surface area contributed by atoms with E-state index in [0.29, 0.717) is 12.4 Å². The Labute approximate surface area is 93.7 Å². The second-order valence-electron chi connectivity index (χ2n) is 3.09. The minimum atomic E-state index is -0.316. The molecule has 14 heavy (non-hydrogen) atoms. The number of halogens is 1. The molecule has 1 aliphatic rings. The van der Waals surface area contributed by atoms with Crippen molar-refractivity contribution in [3.8, 4) is 5.88 Å². The van der Waals surface area contributed by atoms with Gasteiger partial charge in [0.25, 0.3) is 5.56 Å². The normalized spacial score (nSPS) is 21.4. The Morgan fingerprint density at radius 2 is 2.43 bits per heavy atom. The first-order valence-corrected chi connectivity index (χ1v) is 5.36. The predicted molar refractivity (Wildman–Crippen MR) is 57.2 cm³/mol. The smallest absolute Gasteiger partial charge is 0.268 e. The highest BCUT2D eigenvalue weighted by molar-refractivity contribution is 14.1. The Hall–Kier alpha value is -0.630. The SMILES string of the molecule is O=c1[nH]c(C2CCCO2)nc(O)c1I. The molecule has 1 saturated heterocycles. The van der Waals surface area contributed by atoms with Gasteiger partial charge in [-0.1, -0.05) is 0 Å². The molecule has 2 heterocycles. The van der Waals surface area contributed by atoms with Crippen molar-refractivity contribution in [2.24, 2.45) is 0 Å². The molecule has 1 atom stereocenters. The van der Waals surface area contributed by atoms with Crippen LogP contribution in [0.4, 0.5) is 0 Å². The fourth-order valence-electron chi connectivity index (χ4n) is 1.41. The van der Waals surface area contributed by atoms with Crippen LogP contribution < -0.4 is 5.56 Å². The molecule has 1 aromatic rings. The van der Waals surface area contributed by atoms with Gasteiger partial charge in [0.05, 0.1) is 0 Å². The van der Waals surface area contributed by atoms with Gasteiger partial charge in [-0.05, 0) is 35.4 Å². The van der Waals surface area contributed by atoms with Crippen LogP contribution in [0.15, 0.2) is 4.79 Å². The average Bonchev–Trinajstić information content (AvgIpc) is 2.66. The van der Waals surface area contributed by atoms with Crippen molar-refractivity contribution < 1.29 is 9.84 Å². The summed E-state index contributed by atoms with van der Waals surface area (Å²) in [6.45, 7) is 0.682. The third-order valence-corrected chi connectivity index (χ3v) is 3.07. The summed E-state index contributed by atoms with van der Waals surface area (Å²) >= 11 is 1.75. The fraction of sp³-hybridized carbons (Fsp3) is 0.500. The van der Waals surface area contributed by atoms with Crippen LogP contribution in [0.3, 0.4) is 0 Å². The van der Waals surface area contributed by atoms with E-state index in [1.54, 1.807) is 22.6 Å². The van der Waals surface area contributed by atoms with Crippen molar-refractivity contribution in [2.45, 2.75) is 18.9 Å². The number of ether oxygens (including phenoxy) is 1. The summed E-state index contributed by atoms with van der Waals surface area (Å²) < 4.78 is 5.56. The maximum absolute atomic E-state index is 11.3. The molecule has 2 N–H and O–H groups in total. The zero-order valence-corrected chi connectivity index (χ0v) is 9.45. The van der Waals surface area contributed by atoms with E-state index in [1.807, 2.05) is 0 Å². The van der Waals surface area contributed by atoms with E-state index in [1.165, 1.54) is 0 Å². The van der Waals surface area contributed by atoms with Gasteiger partial charge in [-0.3, -0.25) is 4.79 Å². The van der Waals surface area contributed by atoms with Gasteiger partial charge in [0, 0.05) is 6.61 Å². The maximum atomic E-state index is 11.3. The van der Waals surface area contributed by atoms with Crippen LogP contribution in [-0.2, 0) is 4.74 Å². The van der Waals surface area contributed by atoms with Gasteiger partial charge < -0.3 is 14.8 Å². The number of H-pyrrole nitrogens is 1. The van der Waals surface area contributed by atoms with Crippen LogP contribution >= 0.6 is 22.6 Å². The number of hydrogen-bond acceptors (Lipinski definition) is 4. The van der Waals surface area contributed by atoms with Crippen LogP contribution in [-0.4, -0.2) is 21.7 Å². The highest BCUT2D eigenvalue weighted by Gasteiger charge is 2.21. The van der Waals surface area contributed by atoms with E-state index in [-0.39, 0.29) is 21.1 Å². The number of aromatic amines is 1. The molecule has 76 valence electrons. The first-order chi connectivity index (χ1) is 6.68. The largest absolute Gasteiger partial charge is 0.492 e. The summed E-state index contributed by atoms with van der Waals surface area (Å²) in [5.41, 5.74) is -0.316. The highest BCUT2D eigenvalue weighted by Crippen LogP contribution is 2.26. The second kappa shape index (κ2) is 3.85. The van der Waals surface area contributed by atoms with Crippen LogP contribution in [0, 0.1) is 3.57 Å². The molecule has 2 rings (SSSR count). The number of hydrogen-bond donors (Lipinski definition) is 2. The van der Waals surface area contributed by atoms with E-state index in [4.69, 9.17) is 4.74 Å². The van der Waals surface area contributed by atoms with Gasteiger partial charge in [0.15, 0.2) is 0 Å². The van der Waals surface area contributed by atoms with Crippen molar-refractivity contribution in [1.29, 1.82) is 0 Å². The van der Waals surface area contributed by atoms with Crippen molar-refractivity contribution in [1.82, 2.24) is 9.97 Å². The van der Waals surface area contributed by atoms with Gasteiger partial charge in [0.2, 0.25) is 5.88 Å². The third kappa shape index (κ3) is 1.76. The van der Waals surface area contributed by atoms with Crippen molar-refractivity contribution >= 4 is 22.6 Å². The lowest BCUT2D eigenvalue weighted by atomic mass is 10.2. The lowest BCUT2D eigenvalue weighted by Crippen LogP contribution is -2.16. The van der Waals surface area contributed by atoms with Crippen molar-refractivity contribution in [3.63, 3.8) is 0 Å².